The monoisotopic (exact) mass is 287 g/mol. The molecule has 1 heterocycles. The first-order valence-electron chi connectivity index (χ1n) is 5.15. The average Bonchev–Trinajstić information content (AvgIpc) is 2.82. The van der Waals surface area contributed by atoms with Crippen LogP contribution in [0.15, 0.2) is 22.7 Å². The number of ether oxygens (including phenoxy) is 1. The number of nitrogens with two attached hydrogens (primary N) is 1. The van der Waals surface area contributed by atoms with E-state index in [4.69, 9.17) is 38.2 Å². The van der Waals surface area contributed by atoms with Gasteiger partial charge in [-0.15, -0.1) is 0 Å². The summed E-state index contributed by atoms with van der Waals surface area (Å²) in [5.41, 5.74) is 6.49. The molecule has 0 amide bonds. The Kier molecular flexibility index (Phi) is 4.19. The minimum absolute atomic E-state index is 0.309. The fourth-order valence-electron chi connectivity index (χ4n) is 1.39. The molecule has 0 fully saturated rings. The predicted molar refractivity (Wildman–Crippen MR) is 68.6 cm³/mol. The second-order valence-electron chi connectivity index (χ2n) is 3.65. The Bertz CT molecular complexity index is 545. The van der Waals surface area contributed by atoms with Crippen molar-refractivity contribution in [1.29, 1.82) is 0 Å². The van der Waals surface area contributed by atoms with E-state index in [1.807, 2.05) is 0 Å². The van der Waals surface area contributed by atoms with Crippen molar-refractivity contribution < 1.29 is 9.26 Å². The van der Waals surface area contributed by atoms with Crippen molar-refractivity contribution in [3.8, 4) is 11.4 Å². The Labute approximate surface area is 114 Å². The van der Waals surface area contributed by atoms with Gasteiger partial charge in [0.25, 0.3) is 0 Å². The highest BCUT2D eigenvalue weighted by Crippen LogP contribution is 2.27. The third-order valence-corrected chi connectivity index (χ3v) is 3.02. The molecule has 96 valence electrons. The van der Waals surface area contributed by atoms with Gasteiger partial charge >= 0.3 is 0 Å². The lowest BCUT2D eigenvalue weighted by Gasteiger charge is -2.02. The van der Waals surface area contributed by atoms with Crippen molar-refractivity contribution in [2.24, 2.45) is 5.73 Å². The van der Waals surface area contributed by atoms with Gasteiger partial charge in [0.05, 0.1) is 16.7 Å². The second-order valence-corrected chi connectivity index (χ2v) is 4.46. The largest absolute Gasteiger partial charge is 0.383 e. The molecule has 1 aromatic carbocycles. The van der Waals surface area contributed by atoms with E-state index in [1.165, 1.54) is 0 Å². The Morgan fingerprint density at radius 2 is 2.17 bits per heavy atom. The molecule has 7 heteroatoms. The molecule has 1 unspecified atom stereocenters. The molecule has 2 N–H and O–H groups in total. The van der Waals surface area contributed by atoms with E-state index >= 15 is 0 Å². The molecule has 0 bridgehead atoms. The molecule has 0 aliphatic carbocycles. The highest BCUT2D eigenvalue weighted by atomic mass is 35.5. The van der Waals surface area contributed by atoms with E-state index in [1.54, 1.807) is 25.3 Å². The maximum atomic E-state index is 5.92. The quantitative estimate of drug-likeness (QED) is 0.936. The fourth-order valence-corrected chi connectivity index (χ4v) is 1.69. The van der Waals surface area contributed by atoms with Crippen LogP contribution in [0.4, 0.5) is 0 Å². The zero-order valence-corrected chi connectivity index (χ0v) is 11.1. The number of nitrogens with zero attached hydrogens (tertiary/aromatic N) is 2. The van der Waals surface area contributed by atoms with Gasteiger partial charge in [0.2, 0.25) is 11.7 Å². The fraction of sp³-hybridized carbons (Fsp3) is 0.273. The van der Waals surface area contributed by atoms with Crippen LogP contribution in [-0.4, -0.2) is 23.9 Å². The number of halogens is 2. The lowest BCUT2D eigenvalue weighted by molar-refractivity contribution is 0.166. The van der Waals surface area contributed by atoms with Gasteiger partial charge in [0.1, 0.15) is 6.04 Å². The SMILES string of the molecule is COCC(N)c1nc(-c2ccc(Cl)c(Cl)c2)no1. The Hall–Kier alpha value is -1.14. The number of aromatic nitrogens is 2. The molecule has 0 aliphatic heterocycles. The van der Waals surface area contributed by atoms with Crippen molar-refractivity contribution in [2.45, 2.75) is 6.04 Å². The molecule has 1 aromatic heterocycles. The zero-order chi connectivity index (χ0) is 13.1. The number of methoxy groups -OCH3 is 1. The van der Waals surface area contributed by atoms with Crippen LogP contribution in [0.2, 0.25) is 10.0 Å². The highest BCUT2D eigenvalue weighted by Gasteiger charge is 2.15. The van der Waals surface area contributed by atoms with Crippen LogP contribution >= 0.6 is 23.2 Å². The van der Waals surface area contributed by atoms with Crippen LogP contribution in [0.3, 0.4) is 0 Å². The van der Waals surface area contributed by atoms with Crippen molar-refractivity contribution in [2.75, 3.05) is 13.7 Å². The molecular formula is C11H11Cl2N3O2. The van der Waals surface area contributed by atoms with Crippen molar-refractivity contribution in [3.05, 3.63) is 34.1 Å². The topological polar surface area (TPSA) is 74.2 Å². The zero-order valence-electron chi connectivity index (χ0n) is 9.56. The maximum Gasteiger partial charge on any atom is 0.246 e. The Morgan fingerprint density at radius 3 is 2.83 bits per heavy atom. The lowest BCUT2D eigenvalue weighted by Crippen LogP contribution is -2.16. The third-order valence-electron chi connectivity index (χ3n) is 2.28. The van der Waals surface area contributed by atoms with E-state index in [0.717, 1.165) is 0 Å². The van der Waals surface area contributed by atoms with Gasteiger partial charge in [-0.25, -0.2) is 0 Å². The molecule has 0 spiro atoms. The molecule has 0 aliphatic rings. The van der Waals surface area contributed by atoms with Gasteiger partial charge in [-0.1, -0.05) is 28.4 Å². The first-order chi connectivity index (χ1) is 8.61. The predicted octanol–water partition coefficient (Wildman–Crippen LogP) is 2.69. The standard InChI is InChI=1S/C11H11Cl2N3O2/c1-17-5-9(14)11-15-10(16-18-11)6-2-3-7(12)8(13)4-6/h2-4,9H,5,14H2,1H3. The molecule has 0 saturated heterocycles. The smallest absolute Gasteiger partial charge is 0.246 e. The lowest BCUT2D eigenvalue weighted by atomic mass is 10.2. The van der Waals surface area contributed by atoms with E-state index < -0.39 is 6.04 Å². The summed E-state index contributed by atoms with van der Waals surface area (Å²) in [6, 6.07) is 4.65. The number of benzene rings is 1. The molecule has 18 heavy (non-hydrogen) atoms. The van der Waals surface area contributed by atoms with Crippen molar-refractivity contribution >= 4 is 23.2 Å². The molecule has 5 nitrogen and oxygen atoms in total. The summed E-state index contributed by atoms with van der Waals surface area (Å²) in [5.74, 6) is 0.730. The van der Waals surface area contributed by atoms with E-state index in [-0.39, 0.29) is 0 Å². The van der Waals surface area contributed by atoms with E-state index in [0.29, 0.717) is 33.9 Å². The Balaban J connectivity index is 2.26. The molecule has 0 saturated carbocycles. The van der Waals surface area contributed by atoms with Gasteiger partial charge in [-0.05, 0) is 18.2 Å². The number of hydrogen-bond acceptors (Lipinski definition) is 5. The average molecular weight is 288 g/mol. The first kappa shape index (κ1) is 13.3. The highest BCUT2D eigenvalue weighted by molar-refractivity contribution is 6.42. The van der Waals surface area contributed by atoms with Crippen molar-refractivity contribution in [3.63, 3.8) is 0 Å². The molecule has 1 atom stereocenters. The van der Waals surface area contributed by atoms with Crippen LogP contribution in [0.25, 0.3) is 11.4 Å². The van der Waals surface area contributed by atoms with Crippen LogP contribution in [0.1, 0.15) is 11.9 Å². The minimum atomic E-state index is -0.445. The molecule has 2 rings (SSSR count). The normalized spacial score (nSPS) is 12.7. The van der Waals surface area contributed by atoms with Crippen molar-refractivity contribution in [1.82, 2.24) is 10.1 Å². The van der Waals surface area contributed by atoms with Crippen LogP contribution in [0, 0.1) is 0 Å². The number of rotatable bonds is 4. The molecular weight excluding hydrogens is 277 g/mol. The summed E-state index contributed by atoms with van der Waals surface area (Å²) in [4.78, 5) is 4.19. The second kappa shape index (κ2) is 5.67. The Morgan fingerprint density at radius 1 is 1.39 bits per heavy atom. The van der Waals surface area contributed by atoms with E-state index in [2.05, 4.69) is 10.1 Å². The summed E-state index contributed by atoms with van der Waals surface area (Å²) in [6.07, 6.45) is 0. The van der Waals surface area contributed by atoms with Gasteiger partial charge in [-0.2, -0.15) is 4.98 Å². The summed E-state index contributed by atoms with van der Waals surface area (Å²) in [6.45, 7) is 0.309. The summed E-state index contributed by atoms with van der Waals surface area (Å²) in [5, 5.41) is 4.74. The van der Waals surface area contributed by atoms with Gasteiger partial charge in [0, 0.05) is 12.7 Å². The van der Waals surface area contributed by atoms with Crippen LogP contribution in [-0.2, 0) is 4.74 Å². The maximum absolute atomic E-state index is 5.92. The van der Waals surface area contributed by atoms with E-state index in [9.17, 15) is 0 Å². The third kappa shape index (κ3) is 2.81. The molecule has 2 aromatic rings. The van der Waals surface area contributed by atoms with Gasteiger partial charge in [0.15, 0.2) is 0 Å². The summed E-state index contributed by atoms with van der Waals surface area (Å²) < 4.78 is 9.98. The molecule has 0 radical (unpaired) electrons. The summed E-state index contributed by atoms with van der Waals surface area (Å²) >= 11 is 11.8. The van der Waals surface area contributed by atoms with Crippen LogP contribution in [0.5, 0.6) is 0 Å². The summed E-state index contributed by atoms with van der Waals surface area (Å²) in [7, 11) is 1.55. The van der Waals surface area contributed by atoms with Crippen LogP contribution < -0.4 is 5.73 Å². The first-order valence-corrected chi connectivity index (χ1v) is 5.91. The van der Waals surface area contributed by atoms with Gasteiger partial charge < -0.3 is 15.0 Å². The number of hydrogen-bond donors (Lipinski definition) is 1. The van der Waals surface area contributed by atoms with Gasteiger partial charge in [-0.3, -0.25) is 0 Å². The minimum Gasteiger partial charge on any atom is -0.383 e.